The maximum Gasteiger partial charge on any atom is 0.169 e. The van der Waals surface area contributed by atoms with Gasteiger partial charge in [0.1, 0.15) is 5.75 Å². The van der Waals surface area contributed by atoms with Crippen LogP contribution in [0, 0.1) is 6.92 Å². The molecule has 0 radical (unpaired) electrons. The van der Waals surface area contributed by atoms with Gasteiger partial charge in [-0.2, -0.15) is 0 Å². The summed E-state index contributed by atoms with van der Waals surface area (Å²) in [6.45, 7) is 5.12. The first-order valence-corrected chi connectivity index (χ1v) is 10.4. The highest BCUT2D eigenvalue weighted by atomic mass is 35.5. The van der Waals surface area contributed by atoms with Crippen LogP contribution in [0.3, 0.4) is 0 Å². The van der Waals surface area contributed by atoms with E-state index in [1.54, 1.807) is 18.9 Å². The molecule has 3 nitrogen and oxygen atoms in total. The summed E-state index contributed by atoms with van der Waals surface area (Å²) >= 11 is 1.76. The number of halogens is 1. The normalized spacial score (nSPS) is 10.9. The summed E-state index contributed by atoms with van der Waals surface area (Å²) in [5.41, 5.74) is 4.64. The van der Waals surface area contributed by atoms with Crippen LogP contribution in [-0.4, -0.2) is 18.8 Å². The van der Waals surface area contributed by atoms with Gasteiger partial charge in [0, 0.05) is 18.0 Å². The molecular weight excluding hydrogens is 400 g/mol. The van der Waals surface area contributed by atoms with Crippen LogP contribution in [0.15, 0.2) is 83.9 Å². The van der Waals surface area contributed by atoms with Crippen molar-refractivity contribution >= 4 is 40.7 Å². The zero-order valence-corrected chi connectivity index (χ0v) is 18.7. The Morgan fingerprint density at radius 1 is 0.931 bits per heavy atom. The van der Waals surface area contributed by atoms with E-state index in [2.05, 4.69) is 67.3 Å². The van der Waals surface area contributed by atoms with Gasteiger partial charge in [0.25, 0.3) is 0 Å². The van der Waals surface area contributed by atoms with Crippen LogP contribution in [0.25, 0.3) is 0 Å². The first-order chi connectivity index (χ1) is 13.7. The number of amidine groups is 1. The first kappa shape index (κ1) is 22.9. The van der Waals surface area contributed by atoms with Gasteiger partial charge in [-0.25, -0.2) is 4.99 Å². The minimum absolute atomic E-state index is 0. The highest BCUT2D eigenvalue weighted by molar-refractivity contribution is 8.13. The first-order valence-electron chi connectivity index (χ1n) is 9.43. The van der Waals surface area contributed by atoms with Gasteiger partial charge in [0.2, 0.25) is 0 Å². The van der Waals surface area contributed by atoms with E-state index in [4.69, 9.17) is 9.73 Å². The monoisotopic (exact) mass is 426 g/mol. The average Bonchev–Trinajstić information content (AvgIpc) is 2.75. The molecule has 0 fully saturated rings. The van der Waals surface area contributed by atoms with Crippen molar-refractivity contribution in [2.45, 2.75) is 19.6 Å². The number of methoxy groups -OCH3 is 1. The van der Waals surface area contributed by atoms with E-state index in [-0.39, 0.29) is 12.4 Å². The minimum Gasteiger partial charge on any atom is -0.497 e. The second-order valence-electron chi connectivity index (χ2n) is 6.45. The van der Waals surface area contributed by atoms with Crippen molar-refractivity contribution in [3.8, 4) is 5.75 Å². The van der Waals surface area contributed by atoms with Crippen LogP contribution >= 0.6 is 24.2 Å². The fourth-order valence-corrected chi connectivity index (χ4v) is 3.85. The largest absolute Gasteiger partial charge is 0.497 e. The standard InChI is InChI=1S/C24H26N2OS.ClH/c1-4-26(22-8-6-5-7-9-22)24(25-21-14-16-23(27-3)17-15-21)28-18-20-12-10-19(2)11-13-20;/h5-17H,4,18H2,1-3H3;1H. The highest BCUT2D eigenvalue weighted by Gasteiger charge is 2.13. The van der Waals surface area contributed by atoms with E-state index in [0.29, 0.717) is 0 Å². The molecule has 0 unspecified atom stereocenters. The van der Waals surface area contributed by atoms with Gasteiger partial charge < -0.3 is 9.64 Å². The third-order valence-corrected chi connectivity index (χ3v) is 5.45. The Labute approximate surface area is 184 Å². The van der Waals surface area contributed by atoms with Crippen LogP contribution < -0.4 is 9.64 Å². The summed E-state index contributed by atoms with van der Waals surface area (Å²) in [6, 6.07) is 27.0. The zero-order chi connectivity index (χ0) is 19.8. The summed E-state index contributed by atoms with van der Waals surface area (Å²) in [7, 11) is 1.68. The molecule has 0 heterocycles. The molecule has 29 heavy (non-hydrogen) atoms. The molecule has 0 saturated carbocycles. The summed E-state index contributed by atoms with van der Waals surface area (Å²) in [5.74, 6) is 1.71. The van der Waals surface area contributed by atoms with E-state index >= 15 is 0 Å². The minimum atomic E-state index is 0. The highest BCUT2D eigenvalue weighted by Crippen LogP contribution is 2.26. The Morgan fingerprint density at radius 2 is 1.59 bits per heavy atom. The van der Waals surface area contributed by atoms with Crippen LogP contribution in [0.5, 0.6) is 5.75 Å². The number of hydrogen-bond donors (Lipinski definition) is 0. The fourth-order valence-electron chi connectivity index (χ4n) is 2.81. The van der Waals surface area contributed by atoms with Crippen molar-refractivity contribution in [1.29, 1.82) is 0 Å². The quantitative estimate of drug-likeness (QED) is 0.317. The zero-order valence-electron chi connectivity index (χ0n) is 17.0. The molecule has 0 atom stereocenters. The number of anilines is 1. The summed E-state index contributed by atoms with van der Waals surface area (Å²) in [5, 5.41) is 0.986. The number of aliphatic imine (C=N–C) groups is 1. The van der Waals surface area contributed by atoms with E-state index in [1.807, 2.05) is 30.3 Å². The number of nitrogens with zero attached hydrogens (tertiary/aromatic N) is 2. The lowest BCUT2D eigenvalue weighted by Gasteiger charge is -2.24. The SMILES string of the molecule is CCN(C(=Nc1ccc(OC)cc1)SCc1ccc(C)cc1)c1ccccc1.Cl. The maximum absolute atomic E-state index is 5.26. The second kappa shape index (κ2) is 11.5. The van der Waals surface area contributed by atoms with Crippen LogP contribution in [0.4, 0.5) is 11.4 Å². The smallest absolute Gasteiger partial charge is 0.169 e. The third kappa shape index (κ3) is 6.55. The molecule has 0 aliphatic rings. The number of para-hydroxylation sites is 1. The fraction of sp³-hybridized carbons (Fsp3) is 0.208. The van der Waals surface area contributed by atoms with Crippen molar-refractivity contribution in [3.63, 3.8) is 0 Å². The van der Waals surface area contributed by atoms with E-state index in [0.717, 1.165) is 34.6 Å². The number of hydrogen-bond acceptors (Lipinski definition) is 3. The predicted octanol–water partition coefficient (Wildman–Crippen LogP) is 6.87. The molecule has 0 aromatic heterocycles. The Bertz CT molecular complexity index is 896. The van der Waals surface area contributed by atoms with Gasteiger partial charge in [-0.3, -0.25) is 0 Å². The van der Waals surface area contributed by atoms with Crippen molar-refractivity contribution in [3.05, 3.63) is 90.0 Å². The number of thioether (sulfide) groups is 1. The van der Waals surface area contributed by atoms with Gasteiger partial charge >= 0.3 is 0 Å². The van der Waals surface area contributed by atoms with Gasteiger partial charge in [0.15, 0.2) is 5.17 Å². The molecule has 3 aromatic carbocycles. The van der Waals surface area contributed by atoms with Crippen LogP contribution in [-0.2, 0) is 5.75 Å². The topological polar surface area (TPSA) is 24.8 Å². The van der Waals surface area contributed by atoms with E-state index in [9.17, 15) is 0 Å². The Balaban J connectivity index is 0.00000300. The lowest BCUT2D eigenvalue weighted by Crippen LogP contribution is -2.28. The molecule has 152 valence electrons. The van der Waals surface area contributed by atoms with E-state index < -0.39 is 0 Å². The van der Waals surface area contributed by atoms with Crippen LogP contribution in [0.2, 0.25) is 0 Å². The second-order valence-corrected chi connectivity index (χ2v) is 7.39. The molecule has 0 bridgehead atoms. The Kier molecular flexibility index (Phi) is 9.10. The molecular formula is C24H27ClN2OS. The number of ether oxygens (including phenoxy) is 1. The van der Waals surface area contributed by atoms with Crippen molar-refractivity contribution in [1.82, 2.24) is 0 Å². The van der Waals surface area contributed by atoms with Gasteiger partial charge in [0.05, 0.1) is 12.8 Å². The van der Waals surface area contributed by atoms with Gasteiger partial charge in [-0.15, -0.1) is 12.4 Å². The number of aryl methyl sites for hydroxylation is 1. The van der Waals surface area contributed by atoms with Crippen molar-refractivity contribution in [2.75, 3.05) is 18.6 Å². The molecule has 0 aliphatic carbocycles. The van der Waals surface area contributed by atoms with Crippen molar-refractivity contribution in [2.24, 2.45) is 4.99 Å². The summed E-state index contributed by atoms with van der Waals surface area (Å²) in [4.78, 5) is 7.22. The number of rotatable bonds is 6. The lowest BCUT2D eigenvalue weighted by molar-refractivity contribution is 0.415. The molecule has 5 heteroatoms. The summed E-state index contributed by atoms with van der Waals surface area (Å²) < 4.78 is 5.26. The summed E-state index contributed by atoms with van der Waals surface area (Å²) in [6.07, 6.45) is 0. The Hall–Kier alpha value is -2.43. The molecule has 0 amide bonds. The molecule has 0 aliphatic heterocycles. The predicted molar refractivity (Wildman–Crippen MR) is 129 cm³/mol. The molecule has 0 N–H and O–H groups in total. The average molecular weight is 427 g/mol. The molecule has 3 aromatic rings. The Morgan fingerprint density at radius 3 is 2.17 bits per heavy atom. The van der Waals surface area contributed by atoms with Crippen molar-refractivity contribution < 1.29 is 4.74 Å². The van der Waals surface area contributed by atoms with Crippen LogP contribution in [0.1, 0.15) is 18.1 Å². The van der Waals surface area contributed by atoms with E-state index in [1.165, 1.54) is 11.1 Å². The molecule has 0 spiro atoms. The van der Waals surface area contributed by atoms with Gasteiger partial charge in [-0.05, 0) is 55.8 Å². The number of benzene rings is 3. The lowest BCUT2D eigenvalue weighted by atomic mass is 10.2. The maximum atomic E-state index is 5.26. The van der Waals surface area contributed by atoms with Gasteiger partial charge in [-0.1, -0.05) is 59.8 Å². The molecule has 3 rings (SSSR count). The molecule has 0 saturated heterocycles. The third-order valence-electron chi connectivity index (χ3n) is 4.40.